The number of rotatable bonds is 12. The summed E-state index contributed by atoms with van der Waals surface area (Å²) in [4.78, 5) is 61.5. The first kappa shape index (κ1) is 26.3. The summed E-state index contributed by atoms with van der Waals surface area (Å²) in [6.45, 7) is 2.64. The van der Waals surface area contributed by atoms with Crippen molar-refractivity contribution < 1.29 is 34.2 Å². The molecule has 12 heteroatoms. The third kappa shape index (κ3) is 8.13. The van der Waals surface area contributed by atoms with E-state index in [1.54, 1.807) is 0 Å². The lowest BCUT2D eigenvalue weighted by Gasteiger charge is -2.28. The molecule has 0 radical (unpaired) electrons. The standard InChI is InChI=1S/C19H33N5O7/c1-11(21-17(28)14(10-25)22-12(2)26)16(27)23-13(6-3-4-8-20)18(29)24-9-5-7-15(24)19(30)31/h11,13-15,25H,3-10,20H2,1-2H3,(H,21,28)(H,22,26)(H,23,27)(H,30,31)/t11-,13-,14-,15-/m0/s1. The summed E-state index contributed by atoms with van der Waals surface area (Å²) in [6, 6.07) is -4.16. The van der Waals surface area contributed by atoms with E-state index in [0.717, 1.165) is 0 Å². The van der Waals surface area contributed by atoms with Gasteiger partial charge in [0.1, 0.15) is 24.2 Å². The second kappa shape index (κ2) is 12.8. The molecule has 0 saturated carbocycles. The zero-order valence-corrected chi connectivity index (χ0v) is 17.9. The number of aliphatic hydroxyl groups excluding tert-OH is 1. The second-order valence-electron chi connectivity index (χ2n) is 7.54. The summed E-state index contributed by atoms with van der Waals surface area (Å²) in [5.41, 5.74) is 5.50. The average molecular weight is 444 g/mol. The zero-order valence-electron chi connectivity index (χ0n) is 17.9. The van der Waals surface area contributed by atoms with E-state index < -0.39 is 60.4 Å². The minimum atomic E-state index is -1.21. The van der Waals surface area contributed by atoms with Crippen molar-refractivity contribution in [1.29, 1.82) is 0 Å². The lowest BCUT2D eigenvalue weighted by atomic mass is 10.1. The van der Waals surface area contributed by atoms with Crippen LogP contribution in [0.1, 0.15) is 46.0 Å². The van der Waals surface area contributed by atoms with Crippen molar-refractivity contribution in [3.05, 3.63) is 0 Å². The maximum Gasteiger partial charge on any atom is 0.326 e. The topological polar surface area (TPSA) is 191 Å². The van der Waals surface area contributed by atoms with E-state index in [-0.39, 0.29) is 6.42 Å². The van der Waals surface area contributed by atoms with Crippen LogP contribution in [0.3, 0.4) is 0 Å². The third-order valence-electron chi connectivity index (χ3n) is 5.01. The molecule has 0 spiro atoms. The summed E-state index contributed by atoms with van der Waals surface area (Å²) in [6.07, 6.45) is 2.36. The quantitative estimate of drug-likeness (QED) is 0.181. The molecular weight excluding hydrogens is 410 g/mol. The molecule has 1 fully saturated rings. The molecule has 0 bridgehead atoms. The van der Waals surface area contributed by atoms with E-state index >= 15 is 0 Å². The fourth-order valence-electron chi connectivity index (χ4n) is 3.35. The lowest BCUT2D eigenvalue weighted by molar-refractivity contribution is -0.149. The van der Waals surface area contributed by atoms with Crippen LogP contribution in [-0.4, -0.2) is 88.6 Å². The van der Waals surface area contributed by atoms with Crippen molar-refractivity contribution in [3.8, 4) is 0 Å². The Morgan fingerprint density at radius 1 is 1.06 bits per heavy atom. The molecule has 0 aromatic rings. The Labute approximate surface area is 180 Å². The highest BCUT2D eigenvalue weighted by atomic mass is 16.4. The Kier molecular flexibility index (Phi) is 10.9. The smallest absolute Gasteiger partial charge is 0.326 e. The maximum absolute atomic E-state index is 13.0. The maximum atomic E-state index is 13.0. The number of carboxylic acid groups (broad SMARTS) is 1. The Morgan fingerprint density at radius 3 is 2.29 bits per heavy atom. The molecule has 0 aromatic carbocycles. The fraction of sp³-hybridized carbons (Fsp3) is 0.737. The van der Waals surface area contributed by atoms with Crippen LogP contribution in [0.15, 0.2) is 0 Å². The van der Waals surface area contributed by atoms with Crippen LogP contribution in [0, 0.1) is 0 Å². The van der Waals surface area contributed by atoms with Crippen LogP contribution in [-0.2, 0) is 24.0 Å². The number of carboxylic acids is 1. The molecule has 1 aliphatic heterocycles. The summed E-state index contributed by atoms with van der Waals surface area (Å²) in [5.74, 6) is -3.50. The van der Waals surface area contributed by atoms with Crippen LogP contribution < -0.4 is 21.7 Å². The average Bonchev–Trinajstić information content (AvgIpc) is 3.20. The van der Waals surface area contributed by atoms with Gasteiger partial charge in [0.25, 0.3) is 0 Å². The van der Waals surface area contributed by atoms with Crippen LogP contribution in [0.4, 0.5) is 0 Å². The highest BCUT2D eigenvalue weighted by molar-refractivity contribution is 5.94. The number of nitrogens with zero attached hydrogens (tertiary/aromatic N) is 1. The molecule has 176 valence electrons. The van der Waals surface area contributed by atoms with Crippen LogP contribution in [0.25, 0.3) is 0 Å². The molecule has 1 aliphatic rings. The number of hydrogen-bond donors (Lipinski definition) is 6. The van der Waals surface area contributed by atoms with E-state index in [9.17, 15) is 34.2 Å². The second-order valence-corrected chi connectivity index (χ2v) is 7.54. The van der Waals surface area contributed by atoms with Gasteiger partial charge in [-0.3, -0.25) is 19.2 Å². The van der Waals surface area contributed by atoms with Crippen molar-refractivity contribution in [2.24, 2.45) is 5.73 Å². The molecule has 12 nitrogen and oxygen atoms in total. The first-order valence-corrected chi connectivity index (χ1v) is 10.3. The van der Waals surface area contributed by atoms with Crippen molar-refractivity contribution >= 4 is 29.6 Å². The van der Waals surface area contributed by atoms with Gasteiger partial charge in [-0.15, -0.1) is 0 Å². The van der Waals surface area contributed by atoms with Gasteiger partial charge in [-0.2, -0.15) is 0 Å². The van der Waals surface area contributed by atoms with Crippen molar-refractivity contribution in [2.75, 3.05) is 19.7 Å². The van der Waals surface area contributed by atoms with E-state index in [4.69, 9.17) is 5.73 Å². The van der Waals surface area contributed by atoms with Gasteiger partial charge in [0.05, 0.1) is 6.61 Å². The minimum absolute atomic E-state index is 0.274. The number of nitrogens with one attached hydrogen (secondary N) is 3. The van der Waals surface area contributed by atoms with Gasteiger partial charge in [-0.05, 0) is 45.6 Å². The summed E-state index contributed by atoms with van der Waals surface area (Å²) in [7, 11) is 0. The lowest BCUT2D eigenvalue weighted by Crippen LogP contribution is -2.57. The van der Waals surface area contributed by atoms with Crippen LogP contribution >= 0.6 is 0 Å². The number of aliphatic carboxylic acids is 1. The molecule has 4 atom stereocenters. The molecule has 31 heavy (non-hydrogen) atoms. The van der Waals surface area contributed by atoms with E-state index in [0.29, 0.717) is 38.8 Å². The van der Waals surface area contributed by atoms with Gasteiger partial charge in [-0.1, -0.05) is 0 Å². The van der Waals surface area contributed by atoms with Gasteiger partial charge in [-0.25, -0.2) is 4.79 Å². The molecule has 0 unspecified atom stereocenters. The SMILES string of the molecule is CC(=O)N[C@@H](CO)C(=O)N[C@@H](C)C(=O)N[C@@H](CCCCN)C(=O)N1CCC[C@H]1C(=O)O. The molecule has 1 saturated heterocycles. The van der Waals surface area contributed by atoms with Gasteiger partial charge in [0, 0.05) is 13.5 Å². The minimum Gasteiger partial charge on any atom is -0.480 e. The largest absolute Gasteiger partial charge is 0.480 e. The molecule has 4 amide bonds. The number of carbonyl (C=O) groups excluding carboxylic acids is 4. The first-order chi connectivity index (χ1) is 14.6. The Bertz CT molecular complexity index is 672. The fourth-order valence-corrected chi connectivity index (χ4v) is 3.35. The number of likely N-dealkylation sites (tertiary alicyclic amines) is 1. The summed E-state index contributed by atoms with van der Waals surface area (Å²) >= 11 is 0. The highest BCUT2D eigenvalue weighted by Gasteiger charge is 2.37. The van der Waals surface area contributed by atoms with E-state index in [1.807, 2.05) is 0 Å². The molecular formula is C19H33N5O7. The van der Waals surface area contributed by atoms with Crippen molar-refractivity contribution in [2.45, 2.75) is 70.1 Å². The number of nitrogens with two attached hydrogens (primary N) is 1. The molecule has 0 aliphatic carbocycles. The van der Waals surface area contributed by atoms with Crippen LogP contribution in [0.5, 0.6) is 0 Å². The van der Waals surface area contributed by atoms with Crippen molar-refractivity contribution in [3.63, 3.8) is 0 Å². The molecule has 0 aromatic heterocycles. The monoisotopic (exact) mass is 443 g/mol. The third-order valence-corrected chi connectivity index (χ3v) is 5.01. The van der Waals surface area contributed by atoms with Gasteiger partial charge < -0.3 is 36.8 Å². The predicted molar refractivity (Wildman–Crippen MR) is 110 cm³/mol. The molecule has 1 rings (SSSR count). The molecule has 7 N–H and O–H groups in total. The number of carbonyl (C=O) groups is 5. The number of unbranched alkanes of at least 4 members (excludes halogenated alkanes) is 1. The number of amides is 4. The predicted octanol–water partition coefficient (Wildman–Crippen LogP) is -2.32. The highest BCUT2D eigenvalue weighted by Crippen LogP contribution is 2.19. The first-order valence-electron chi connectivity index (χ1n) is 10.3. The van der Waals surface area contributed by atoms with Gasteiger partial charge >= 0.3 is 5.97 Å². The normalized spacial score (nSPS) is 18.6. The van der Waals surface area contributed by atoms with E-state index in [1.165, 1.54) is 18.7 Å². The summed E-state index contributed by atoms with van der Waals surface area (Å²) in [5, 5.41) is 25.8. The van der Waals surface area contributed by atoms with Crippen molar-refractivity contribution in [1.82, 2.24) is 20.9 Å². The van der Waals surface area contributed by atoms with Gasteiger partial charge in [0.2, 0.25) is 23.6 Å². The zero-order chi connectivity index (χ0) is 23.6. The van der Waals surface area contributed by atoms with Gasteiger partial charge in [0.15, 0.2) is 0 Å². The molecule has 1 heterocycles. The Hall–Kier alpha value is -2.73. The Balaban J connectivity index is 2.82. The Morgan fingerprint density at radius 2 is 1.74 bits per heavy atom. The summed E-state index contributed by atoms with van der Waals surface area (Å²) < 4.78 is 0. The number of hydrogen-bond acceptors (Lipinski definition) is 7. The van der Waals surface area contributed by atoms with E-state index in [2.05, 4.69) is 16.0 Å². The number of aliphatic hydroxyl groups is 1. The van der Waals surface area contributed by atoms with Crippen LogP contribution in [0.2, 0.25) is 0 Å².